The van der Waals surface area contributed by atoms with Crippen molar-refractivity contribution < 1.29 is 0 Å². The summed E-state index contributed by atoms with van der Waals surface area (Å²) in [6, 6.07) is 28.2. The fourth-order valence-corrected chi connectivity index (χ4v) is 7.08. The number of nitrogens with zero attached hydrogens (tertiary/aromatic N) is 3. The largest absolute Gasteiger partial charge is 0.294 e. The summed E-state index contributed by atoms with van der Waals surface area (Å²) in [5.41, 5.74) is 4.50. The molecule has 1 aliphatic heterocycles. The van der Waals surface area contributed by atoms with Gasteiger partial charge in [-0.2, -0.15) is 0 Å². The summed E-state index contributed by atoms with van der Waals surface area (Å²) in [6.07, 6.45) is 0.866. The summed E-state index contributed by atoms with van der Waals surface area (Å²) in [5, 5.41) is 2.22. The SMILES string of the molecule is O=c1c2c3c(sc2nc(SCc2ccc(Cl)cc2)n1-c1ccccc1)CN(Cc1ccccc1)CC3. The summed E-state index contributed by atoms with van der Waals surface area (Å²) in [4.78, 5) is 23.6. The van der Waals surface area contributed by atoms with Gasteiger partial charge in [-0.05, 0) is 47.4 Å². The molecule has 6 rings (SSSR count). The van der Waals surface area contributed by atoms with Gasteiger partial charge in [0, 0.05) is 35.3 Å². The second kappa shape index (κ2) is 10.2. The maximum Gasteiger partial charge on any atom is 0.267 e. The van der Waals surface area contributed by atoms with Crippen LogP contribution in [0.25, 0.3) is 15.9 Å². The van der Waals surface area contributed by atoms with Crippen LogP contribution in [0.2, 0.25) is 5.02 Å². The summed E-state index contributed by atoms with van der Waals surface area (Å²) in [5.74, 6) is 0.706. The van der Waals surface area contributed by atoms with Gasteiger partial charge in [0.2, 0.25) is 0 Å². The zero-order valence-corrected chi connectivity index (χ0v) is 22.0. The van der Waals surface area contributed by atoms with Crippen LogP contribution in [0.1, 0.15) is 21.6 Å². The minimum Gasteiger partial charge on any atom is -0.294 e. The third kappa shape index (κ3) is 4.74. The van der Waals surface area contributed by atoms with Crippen LogP contribution in [-0.4, -0.2) is 21.0 Å². The number of thioether (sulfide) groups is 1. The Labute approximate surface area is 223 Å². The molecule has 0 amide bonds. The smallest absolute Gasteiger partial charge is 0.267 e. The predicted octanol–water partition coefficient (Wildman–Crippen LogP) is 6.95. The van der Waals surface area contributed by atoms with Crippen molar-refractivity contribution in [3.8, 4) is 5.69 Å². The normalized spacial score (nSPS) is 13.7. The van der Waals surface area contributed by atoms with Gasteiger partial charge in [-0.15, -0.1) is 11.3 Å². The Balaban J connectivity index is 1.38. The molecule has 4 nitrogen and oxygen atoms in total. The van der Waals surface area contributed by atoms with E-state index in [1.807, 2.05) is 54.6 Å². The van der Waals surface area contributed by atoms with Crippen LogP contribution in [0.4, 0.5) is 0 Å². The Morgan fingerprint density at radius 1 is 0.917 bits per heavy atom. The number of hydrogen-bond donors (Lipinski definition) is 0. The van der Waals surface area contributed by atoms with Crippen LogP contribution in [0, 0.1) is 0 Å². The molecule has 0 saturated heterocycles. The highest BCUT2D eigenvalue weighted by atomic mass is 35.5. The first-order valence-electron chi connectivity index (χ1n) is 11.9. The number of halogens is 1. The maximum atomic E-state index is 14.0. The summed E-state index contributed by atoms with van der Waals surface area (Å²) in [7, 11) is 0. The van der Waals surface area contributed by atoms with Crippen molar-refractivity contribution in [3.63, 3.8) is 0 Å². The van der Waals surface area contributed by atoms with E-state index in [-0.39, 0.29) is 5.56 Å². The van der Waals surface area contributed by atoms with Crippen LogP contribution in [0.3, 0.4) is 0 Å². The number of benzene rings is 3. The molecular formula is C29H24ClN3OS2. The van der Waals surface area contributed by atoms with Crippen molar-refractivity contribution >= 4 is 44.9 Å². The van der Waals surface area contributed by atoms with Crippen LogP contribution in [-0.2, 0) is 25.3 Å². The summed E-state index contributed by atoms with van der Waals surface area (Å²) >= 11 is 9.31. The lowest BCUT2D eigenvalue weighted by Gasteiger charge is -2.26. The van der Waals surface area contributed by atoms with Crippen LogP contribution >= 0.6 is 34.7 Å². The van der Waals surface area contributed by atoms with Crippen molar-refractivity contribution in [2.75, 3.05) is 6.54 Å². The van der Waals surface area contributed by atoms with E-state index in [0.29, 0.717) is 10.9 Å². The Morgan fingerprint density at radius 3 is 2.39 bits per heavy atom. The molecule has 0 saturated carbocycles. The van der Waals surface area contributed by atoms with Crippen LogP contribution < -0.4 is 5.56 Å². The van der Waals surface area contributed by atoms with E-state index in [1.165, 1.54) is 16.0 Å². The summed E-state index contributed by atoms with van der Waals surface area (Å²) < 4.78 is 1.78. The van der Waals surface area contributed by atoms with Gasteiger partial charge in [0.1, 0.15) is 4.83 Å². The molecule has 0 fully saturated rings. The zero-order valence-electron chi connectivity index (χ0n) is 19.6. The average Bonchev–Trinajstić information content (AvgIpc) is 3.27. The van der Waals surface area contributed by atoms with E-state index in [1.54, 1.807) is 27.7 Å². The Bertz CT molecular complexity index is 1560. The lowest BCUT2D eigenvalue weighted by Crippen LogP contribution is -2.30. The molecule has 1 aliphatic rings. The van der Waals surface area contributed by atoms with E-state index < -0.39 is 0 Å². The van der Waals surface area contributed by atoms with Gasteiger partial charge in [-0.25, -0.2) is 4.98 Å². The molecule has 2 aromatic heterocycles. The average molecular weight is 530 g/mol. The second-order valence-corrected chi connectivity index (χ2v) is 11.4. The van der Waals surface area contributed by atoms with Crippen molar-refractivity contribution in [1.82, 2.24) is 14.5 Å². The zero-order chi connectivity index (χ0) is 24.5. The second-order valence-electron chi connectivity index (χ2n) is 8.92. The van der Waals surface area contributed by atoms with Gasteiger partial charge < -0.3 is 0 Å². The number of thiophene rings is 1. The molecule has 0 radical (unpaired) electrons. The fraction of sp³-hybridized carbons (Fsp3) is 0.172. The van der Waals surface area contributed by atoms with Crippen molar-refractivity contribution in [1.29, 1.82) is 0 Å². The van der Waals surface area contributed by atoms with Gasteiger partial charge in [0.15, 0.2) is 5.16 Å². The molecule has 0 spiro atoms. The molecule has 180 valence electrons. The molecule has 0 unspecified atom stereocenters. The molecule has 0 atom stereocenters. The molecule has 3 heterocycles. The van der Waals surface area contributed by atoms with E-state index in [0.717, 1.165) is 52.5 Å². The molecule has 0 aliphatic carbocycles. The van der Waals surface area contributed by atoms with Crippen molar-refractivity contribution in [2.45, 2.75) is 30.4 Å². The van der Waals surface area contributed by atoms with Gasteiger partial charge in [0.05, 0.1) is 11.1 Å². The monoisotopic (exact) mass is 529 g/mol. The van der Waals surface area contributed by atoms with Gasteiger partial charge in [0.25, 0.3) is 5.56 Å². The first-order valence-corrected chi connectivity index (χ1v) is 14.1. The topological polar surface area (TPSA) is 38.1 Å². The number of para-hydroxylation sites is 1. The third-order valence-electron chi connectivity index (χ3n) is 6.47. The summed E-state index contributed by atoms with van der Waals surface area (Å²) in [6.45, 7) is 2.70. The molecule has 0 N–H and O–H groups in total. The Hall–Kier alpha value is -2.90. The maximum absolute atomic E-state index is 14.0. The van der Waals surface area contributed by atoms with Gasteiger partial charge >= 0.3 is 0 Å². The minimum absolute atomic E-state index is 0.0267. The molecular weight excluding hydrogens is 506 g/mol. The molecule has 5 aromatic rings. The van der Waals surface area contributed by atoms with Crippen molar-refractivity contribution in [3.05, 3.63) is 122 Å². The number of rotatable bonds is 6. The standard InChI is InChI=1S/C29H24ClN3OS2/c30-22-13-11-21(12-14-22)19-35-29-31-27-26(28(34)33(29)23-9-5-2-6-10-23)24-15-16-32(18-25(24)36-27)17-20-7-3-1-4-8-20/h1-14H,15-19H2. The Morgan fingerprint density at radius 2 is 1.64 bits per heavy atom. The van der Waals surface area contributed by atoms with Gasteiger partial charge in [-0.3, -0.25) is 14.3 Å². The molecule has 36 heavy (non-hydrogen) atoms. The predicted molar refractivity (Wildman–Crippen MR) is 150 cm³/mol. The van der Waals surface area contributed by atoms with E-state index >= 15 is 0 Å². The number of fused-ring (bicyclic) bond motifs is 3. The highest BCUT2D eigenvalue weighted by Crippen LogP contribution is 2.35. The minimum atomic E-state index is 0.0267. The third-order valence-corrected chi connectivity index (χ3v) is 8.84. The van der Waals surface area contributed by atoms with Crippen molar-refractivity contribution in [2.24, 2.45) is 0 Å². The molecule has 0 bridgehead atoms. The van der Waals surface area contributed by atoms with E-state index in [4.69, 9.17) is 16.6 Å². The number of hydrogen-bond acceptors (Lipinski definition) is 5. The highest BCUT2D eigenvalue weighted by Gasteiger charge is 2.25. The van der Waals surface area contributed by atoms with Crippen LogP contribution in [0.15, 0.2) is 94.9 Å². The number of aromatic nitrogens is 2. The first kappa shape index (κ1) is 23.5. The van der Waals surface area contributed by atoms with E-state index in [9.17, 15) is 4.79 Å². The lowest BCUT2D eigenvalue weighted by atomic mass is 10.0. The molecule has 3 aromatic carbocycles. The highest BCUT2D eigenvalue weighted by molar-refractivity contribution is 7.98. The van der Waals surface area contributed by atoms with Gasteiger partial charge in [-0.1, -0.05) is 84.0 Å². The van der Waals surface area contributed by atoms with Crippen LogP contribution in [0.5, 0.6) is 0 Å². The fourth-order valence-electron chi connectivity index (χ4n) is 4.68. The van der Waals surface area contributed by atoms with E-state index in [2.05, 4.69) is 35.2 Å². The first-order chi connectivity index (χ1) is 17.7. The lowest BCUT2D eigenvalue weighted by molar-refractivity contribution is 0.249. The Kier molecular flexibility index (Phi) is 6.67. The molecule has 7 heteroatoms. The quantitative estimate of drug-likeness (QED) is 0.176.